The number of rotatable bonds is 8. The maximum atomic E-state index is 11.2. The molecule has 1 amide bonds. The highest BCUT2D eigenvalue weighted by Gasteiger charge is 2.16. The summed E-state index contributed by atoms with van der Waals surface area (Å²) >= 11 is 7.84. The largest absolute Gasteiger partial charge is 0.467 e. The standard InChI is InChI=1S/C20H18ClN5O2S/c21-16-6-5-13(19-15(16)4-1-9-23-19)12-29-20-25-24-18(8-7-17(22)27)26(20)11-14-3-2-10-28-14/h1-6,9-10H,7-8,11-12H2,(H2,22,27). The average Bonchev–Trinajstić information content (AvgIpc) is 3.37. The van der Waals surface area contributed by atoms with Crippen LogP contribution in [0.1, 0.15) is 23.6 Å². The first-order chi connectivity index (χ1) is 14.1. The van der Waals surface area contributed by atoms with Gasteiger partial charge in [0.05, 0.1) is 18.3 Å². The summed E-state index contributed by atoms with van der Waals surface area (Å²) in [7, 11) is 0. The van der Waals surface area contributed by atoms with Crippen molar-refractivity contribution in [2.45, 2.75) is 30.3 Å². The molecule has 0 radical (unpaired) electrons. The van der Waals surface area contributed by atoms with Crippen molar-refractivity contribution >= 4 is 40.2 Å². The van der Waals surface area contributed by atoms with Crippen molar-refractivity contribution < 1.29 is 9.21 Å². The number of benzene rings is 1. The van der Waals surface area contributed by atoms with E-state index >= 15 is 0 Å². The van der Waals surface area contributed by atoms with Gasteiger partial charge in [0.15, 0.2) is 5.16 Å². The Hall–Kier alpha value is -2.84. The van der Waals surface area contributed by atoms with Crippen LogP contribution in [0, 0.1) is 0 Å². The van der Waals surface area contributed by atoms with Crippen molar-refractivity contribution in [3.05, 3.63) is 71.0 Å². The minimum absolute atomic E-state index is 0.215. The minimum atomic E-state index is -0.370. The number of halogens is 1. The average molecular weight is 428 g/mol. The Kier molecular flexibility index (Phi) is 5.82. The summed E-state index contributed by atoms with van der Waals surface area (Å²) in [6.45, 7) is 0.482. The Bertz CT molecular complexity index is 1140. The molecule has 0 saturated carbocycles. The molecule has 0 bridgehead atoms. The van der Waals surface area contributed by atoms with Crippen LogP contribution in [0.2, 0.25) is 5.02 Å². The zero-order valence-corrected chi connectivity index (χ0v) is 17.0. The number of aryl methyl sites for hydroxylation is 1. The van der Waals surface area contributed by atoms with Crippen molar-refractivity contribution in [3.8, 4) is 0 Å². The van der Waals surface area contributed by atoms with Gasteiger partial charge >= 0.3 is 0 Å². The quantitative estimate of drug-likeness (QED) is 0.429. The Morgan fingerprint density at radius 2 is 2.10 bits per heavy atom. The summed E-state index contributed by atoms with van der Waals surface area (Å²) in [5.74, 6) is 1.76. The van der Waals surface area contributed by atoms with Gasteiger partial charge in [-0.05, 0) is 35.9 Å². The number of thioether (sulfide) groups is 1. The fourth-order valence-corrected chi connectivity index (χ4v) is 4.18. The van der Waals surface area contributed by atoms with E-state index in [1.54, 1.807) is 24.2 Å². The molecular weight excluding hydrogens is 410 g/mol. The molecule has 7 nitrogen and oxygen atoms in total. The summed E-state index contributed by atoms with van der Waals surface area (Å²) in [6.07, 6.45) is 4.02. The van der Waals surface area contributed by atoms with E-state index in [1.807, 2.05) is 41.0 Å². The Morgan fingerprint density at radius 1 is 1.21 bits per heavy atom. The second-order valence-electron chi connectivity index (χ2n) is 6.43. The van der Waals surface area contributed by atoms with Crippen molar-refractivity contribution in [1.29, 1.82) is 0 Å². The van der Waals surface area contributed by atoms with Crippen molar-refractivity contribution in [2.75, 3.05) is 0 Å². The Morgan fingerprint density at radius 3 is 2.90 bits per heavy atom. The van der Waals surface area contributed by atoms with Gasteiger partial charge in [-0.25, -0.2) is 0 Å². The van der Waals surface area contributed by atoms with Gasteiger partial charge in [0.2, 0.25) is 5.91 Å². The molecule has 4 rings (SSSR count). The van der Waals surface area contributed by atoms with E-state index in [2.05, 4.69) is 15.2 Å². The predicted octanol–water partition coefficient (Wildman–Crippen LogP) is 3.83. The highest BCUT2D eigenvalue weighted by atomic mass is 35.5. The van der Waals surface area contributed by atoms with Crippen molar-refractivity contribution in [2.24, 2.45) is 5.73 Å². The van der Waals surface area contributed by atoms with E-state index in [4.69, 9.17) is 21.8 Å². The summed E-state index contributed by atoms with van der Waals surface area (Å²) in [4.78, 5) is 15.7. The first-order valence-corrected chi connectivity index (χ1v) is 10.4. The molecule has 3 heterocycles. The van der Waals surface area contributed by atoms with E-state index in [0.29, 0.717) is 29.6 Å². The second-order valence-corrected chi connectivity index (χ2v) is 7.78. The van der Waals surface area contributed by atoms with Gasteiger partial charge in [-0.1, -0.05) is 29.4 Å². The maximum absolute atomic E-state index is 11.2. The lowest BCUT2D eigenvalue weighted by Gasteiger charge is -2.10. The first kappa shape index (κ1) is 19.5. The number of nitrogens with zero attached hydrogens (tertiary/aromatic N) is 4. The number of pyridine rings is 1. The molecule has 3 aromatic heterocycles. The SMILES string of the molecule is NC(=O)CCc1nnc(SCc2ccc(Cl)c3cccnc23)n1Cc1ccco1. The van der Waals surface area contributed by atoms with Gasteiger partial charge in [0.25, 0.3) is 0 Å². The van der Waals surface area contributed by atoms with E-state index in [0.717, 1.165) is 27.4 Å². The normalized spacial score (nSPS) is 11.2. The summed E-state index contributed by atoms with van der Waals surface area (Å²) in [5.41, 5.74) is 7.23. The fraction of sp³-hybridized carbons (Fsp3) is 0.200. The lowest BCUT2D eigenvalue weighted by atomic mass is 10.1. The number of aromatic nitrogens is 4. The summed E-state index contributed by atoms with van der Waals surface area (Å²) in [5, 5.41) is 10.9. The molecule has 0 aliphatic rings. The molecule has 9 heteroatoms. The third-order valence-corrected chi connectivity index (χ3v) is 5.78. The molecule has 2 N–H and O–H groups in total. The third kappa shape index (κ3) is 4.44. The zero-order valence-electron chi connectivity index (χ0n) is 15.4. The van der Waals surface area contributed by atoms with Crippen molar-refractivity contribution in [3.63, 3.8) is 0 Å². The van der Waals surface area contributed by atoms with Crippen LogP contribution in [0.15, 0.2) is 58.4 Å². The Balaban J connectivity index is 1.60. The lowest BCUT2D eigenvalue weighted by Crippen LogP contribution is -2.14. The van der Waals surface area contributed by atoms with Crippen LogP contribution in [0.3, 0.4) is 0 Å². The highest BCUT2D eigenvalue weighted by Crippen LogP contribution is 2.30. The molecule has 0 saturated heterocycles. The number of primary amides is 1. The van der Waals surface area contributed by atoms with Crippen LogP contribution >= 0.6 is 23.4 Å². The van der Waals surface area contributed by atoms with E-state index in [-0.39, 0.29) is 12.3 Å². The number of hydrogen-bond donors (Lipinski definition) is 1. The minimum Gasteiger partial charge on any atom is -0.467 e. The maximum Gasteiger partial charge on any atom is 0.217 e. The van der Waals surface area contributed by atoms with Crippen LogP contribution in [0.4, 0.5) is 0 Å². The van der Waals surface area contributed by atoms with Crippen LogP contribution in [-0.4, -0.2) is 25.7 Å². The highest BCUT2D eigenvalue weighted by molar-refractivity contribution is 7.98. The second kappa shape index (κ2) is 8.67. The first-order valence-electron chi connectivity index (χ1n) is 8.99. The Labute approximate surface area is 176 Å². The van der Waals surface area contributed by atoms with Gasteiger partial charge in [-0.3, -0.25) is 14.3 Å². The van der Waals surface area contributed by atoms with Gasteiger partial charge in [-0.15, -0.1) is 10.2 Å². The molecular formula is C20H18ClN5O2S. The molecule has 148 valence electrons. The number of carbonyl (C=O) groups excluding carboxylic acids is 1. The number of fused-ring (bicyclic) bond motifs is 1. The smallest absolute Gasteiger partial charge is 0.217 e. The third-order valence-electron chi connectivity index (χ3n) is 4.44. The van der Waals surface area contributed by atoms with Crippen LogP contribution in [0.25, 0.3) is 10.9 Å². The monoisotopic (exact) mass is 427 g/mol. The lowest BCUT2D eigenvalue weighted by molar-refractivity contribution is -0.118. The predicted molar refractivity (Wildman–Crippen MR) is 112 cm³/mol. The van der Waals surface area contributed by atoms with E-state index in [9.17, 15) is 4.79 Å². The van der Waals surface area contributed by atoms with E-state index < -0.39 is 0 Å². The zero-order chi connectivity index (χ0) is 20.2. The molecule has 29 heavy (non-hydrogen) atoms. The summed E-state index contributed by atoms with van der Waals surface area (Å²) < 4.78 is 7.43. The number of amides is 1. The number of carbonyl (C=O) groups is 1. The molecule has 0 aliphatic carbocycles. The van der Waals surface area contributed by atoms with Gasteiger partial charge in [0, 0.05) is 35.2 Å². The fourth-order valence-electron chi connectivity index (χ4n) is 3.02. The molecule has 1 aromatic carbocycles. The topological polar surface area (TPSA) is 99.8 Å². The number of furan rings is 1. The molecule has 0 aliphatic heterocycles. The molecule has 0 spiro atoms. The van der Waals surface area contributed by atoms with Gasteiger partial charge < -0.3 is 10.2 Å². The molecule has 0 fully saturated rings. The number of hydrogen-bond acceptors (Lipinski definition) is 6. The number of nitrogens with two attached hydrogens (primary N) is 1. The van der Waals surface area contributed by atoms with Crippen LogP contribution in [0.5, 0.6) is 0 Å². The van der Waals surface area contributed by atoms with Crippen LogP contribution < -0.4 is 5.73 Å². The van der Waals surface area contributed by atoms with Gasteiger partial charge in [0.1, 0.15) is 11.6 Å². The van der Waals surface area contributed by atoms with Crippen LogP contribution in [-0.2, 0) is 23.5 Å². The summed E-state index contributed by atoms with van der Waals surface area (Å²) in [6, 6.07) is 11.4. The molecule has 0 atom stereocenters. The van der Waals surface area contributed by atoms with E-state index in [1.165, 1.54) is 0 Å². The van der Waals surface area contributed by atoms with Crippen molar-refractivity contribution in [1.82, 2.24) is 19.7 Å². The molecule has 4 aromatic rings. The van der Waals surface area contributed by atoms with Gasteiger partial charge in [-0.2, -0.15) is 0 Å². The molecule has 0 unspecified atom stereocenters.